The van der Waals surface area contributed by atoms with Crippen LogP contribution in [0.15, 0.2) is 42.6 Å². The normalized spacial score (nSPS) is 15.8. The lowest BCUT2D eigenvalue weighted by molar-refractivity contribution is 0.0950. The number of hydrogen-bond donors (Lipinski definition) is 2. The van der Waals surface area contributed by atoms with Crippen molar-refractivity contribution in [3.63, 3.8) is 0 Å². The summed E-state index contributed by atoms with van der Waals surface area (Å²) in [5, 5.41) is 6.14. The van der Waals surface area contributed by atoms with Crippen molar-refractivity contribution >= 4 is 11.7 Å². The smallest absolute Gasteiger partial charge is 0.255 e. The zero-order valence-electron chi connectivity index (χ0n) is 12.1. The molecule has 21 heavy (non-hydrogen) atoms. The molecular weight excluding hydrogens is 262 g/mol. The lowest BCUT2D eigenvalue weighted by atomic mass is 9.77. The first-order valence-electron chi connectivity index (χ1n) is 7.34. The molecule has 2 aromatic rings. The van der Waals surface area contributed by atoms with Gasteiger partial charge in [0.05, 0.1) is 5.56 Å². The lowest BCUT2D eigenvalue weighted by Crippen LogP contribution is -2.33. The molecule has 1 atom stereocenters. The molecule has 4 nitrogen and oxygen atoms in total. The van der Waals surface area contributed by atoms with E-state index in [2.05, 4.69) is 39.9 Å². The van der Waals surface area contributed by atoms with Crippen molar-refractivity contribution in [2.45, 2.75) is 19.3 Å². The number of benzene rings is 1. The molecule has 1 aromatic heterocycles. The molecule has 0 fully saturated rings. The first kappa shape index (κ1) is 13.6. The number of fused-ring (bicyclic) bond motifs is 1. The average molecular weight is 281 g/mol. The van der Waals surface area contributed by atoms with Crippen molar-refractivity contribution in [3.8, 4) is 0 Å². The van der Waals surface area contributed by atoms with Gasteiger partial charge in [-0.3, -0.25) is 4.79 Å². The Bertz CT molecular complexity index is 654. The third kappa shape index (κ3) is 2.75. The Balaban J connectivity index is 1.63. The van der Waals surface area contributed by atoms with Crippen molar-refractivity contribution in [2.75, 3.05) is 18.4 Å². The van der Waals surface area contributed by atoms with E-state index in [4.69, 9.17) is 0 Å². The van der Waals surface area contributed by atoms with E-state index in [1.54, 1.807) is 18.3 Å². The van der Waals surface area contributed by atoms with Crippen molar-refractivity contribution < 1.29 is 4.79 Å². The molecule has 0 saturated carbocycles. The van der Waals surface area contributed by atoms with Crippen LogP contribution in [0, 0.1) is 0 Å². The molecule has 108 valence electrons. The number of pyridine rings is 1. The van der Waals surface area contributed by atoms with Gasteiger partial charge < -0.3 is 10.6 Å². The van der Waals surface area contributed by atoms with Gasteiger partial charge in [0.2, 0.25) is 0 Å². The monoisotopic (exact) mass is 281 g/mol. The summed E-state index contributed by atoms with van der Waals surface area (Å²) in [6, 6.07) is 12.0. The second-order valence-electron chi connectivity index (χ2n) is 5.24. The fraction of sp³-hybridized carbons (Fsp3) is 0.294. The van der Waals surface area contributed by atoms with Crippen LogP contribution >= 0.6 is 0 Å². The number of amides is 1. The largest absolute Gasteiger partial charge is 0.370 e. The number of anilines is 1. The summed E-state index contributed by atoms with van der Waals surface area (Å²) in [7, 11) is 0. The molecule has 1 amide bonds. The van der Waals surface area contributed by atoms with Gasteiger partial charge in [0.25, 0.3) is 5.91 Å². The van der Waals surface area contributed by atoms with Gasteiger partial charge in [-0.25, -0.2) is 4.98 Å². The Morgan fingerprint density at radius 3 is 2.95 bits per heavy atom. The third-order valence-electron chi connectivity index (χ3n) is 3.87. The molecule has 1 unspecified atom stereocenters. The van der Waals surface area contributed by atoms with Crippen LogP contribution in [0.3, 0.4) is 0 Å². The van der Waals surface area contributed by atoms with Gasteiger partial charge in [0.1, 0.15) is 5.82 Å². The standard InChI is InChI=1S/C17H19N3O/c1-2-18-16-15(8-5-9-19-16)17(21)20-11-13-10-12-6-3-4-7-14(12)13/h3-9,13H,2,10-11H2,1H3,(H,18,19)(H,20,21). The summed E-state index contributed by atoms with van der Waals surface area (Å²) in [5.74, 6) is 1.01. The van der Waals surface area contributed by atoms with E-state index in [0.29, 0.717) is 23.8 Å². The number of rotatable bonds is 5. The summed E-state index contributed by atoms with van der Waals surface area (Å²) in [5.41, 5.74) is 3.36. The Hall–Kier alpha value is -2.36. The summed E-state index contributed by atoms with van der Waals surface area (Å²) >= 11 is 0. The molecule has 3 rings (SSSR count). The quantitative estimate of drug-likeness (QED) is 0.885. The van der Waals surface area contributed by atoms with Gasteiger partial charge in [-0.05, 0) is 36.6 Å². The van der Waals surface area contributed by atoms with E-state index in [1.807, 2.05) is 6.92 Å². The third-order valence-corrected chi connectivity index (χ3v) is 3.87. The fourth-order valence-corrected chi connectivity index (χ4v) is 2.75. The van der Waals surface area contributed by atoms with Crippen molar-refractivity contribution in [1.29, 1.82) is 0 Å². The highest BCUT2D eigenvalue weighted by atomic mass is 16.1. The Labute approximate surface area is 124 Å². The maximum Gasteiger partial charge on any atom is 0.255 e. The van der Waals surface area contributed by atoms with Crippen LogP contribution in [0.25, 0.3) is 0 Å². The number of nitrogens with zero attached hydrogens (tertiary/aromatic N) is 1. The van der Waals surface area contributed by atoms with E-state index in [1.165, 1.54) is 11.1 Å². The number of carbonyl (C=O) groups excluding carboxylic acids is 1. The molecule has 0 bridgehead atoms. The predicted molar refractivity (Wildman–Crippen MR) is 83.6 cm³/mol. The molecule has 4 heteroatoms. The van der Waals surface area contributed by atoms with Crippen LogP contribution in [-0.2, 0) is 6.42 Å². The van der Waals surface area contributed by atoms with Crippen LogP contribution in [-0.4, -0.2) is 24.0 Å². The van der Waals surface area contributed by atoms with E-state index in [-0.39, 0.29) is 5.91 Å². The van der Waals surface area contributed by atoms with E-state index in [9.17, 15) is 4.79 Å². The number of aromatic nitrogens is 1. The van der Waals surface area contributed by atoms with Crippen molar-refractivity contribution in [1.82, 2.24) is 10.3 Å². The highest BCUT2D eigenvalue weighted by Crippen LogP contribution is 2.34. The van der Waals surface area contributed by atoms with Gasteiger partial charge in [0, 0.05) is 25.2 Å². The van der Waals surface area contributed by atoms with Gasteiger partial charge >= 0.3 is 0 Å². The topological polar surface area (TPSA) is 54.0 Å². The number of carbonyl (C=O) groups is 1. The van der Waals surface area contributed by atoms with Crippen LogP contribution < -0.4 is 10.6 Å². The van der Waals surface area contributed by atoms with Crippen molar-refractivity contribution in [3.05, 3.63) is 59.3 Å². The second kappa shape index (κ2) is 5.95. The molecular formula is C17H19N3O. The molecule has 2 N–H and O–H groups in total. The minimum atomic E-state index is -0.0663. The Morgan fingerprint density at radius 1 is 1.29 bits per heavy atom. The van der Waals surface area contributed by atoms with Crippen LogP contribution in [0.1, 0.15) is 34.3 Å². The van der Waals surface area contributed by atoms with E-state index in [0.717, 1.165) is 13.0 Å². The van der Waals surface area contributed by atoms with Crippen LogP contribution in [0.2, 0.25) is 0 Å². The summed E-state index contributed by atoms with van der Waals surface area (Å²) in [6.07, 6.45) is 2.74. The first-order chi connectivity index (χ1) is 10.3. The Morgan fingerprint density at radius 2 is 2.14 bits per heavy atom. The lowest BCUT2D eigenvalue weighted by Gasteiger charge is -2.30. The van der Waals surface area contributed by atoms with Crippen molar-refractivity contribution in [2.24, 2.45) is 0 Å². The molecule has 0 saturated heterocycles. The molecule has 1 heterocycles. The minimum Gasteiger partial charge on any atom is -0.370 e. The summed E-state index contributed by atoms with van der Waals surface area (Å²) in [6.45, 7) is 3.41. The molecule has 1 aliphatic carbocycles. The molecule has 1 aliphatic rings. The van der Waals surface area contributed by atoms with Crippen LogP contribution in [0.4, 0.5) is 5.82 Å². The Kier molecular flexibility index (Phi) is 3.86. The SMILES string of the molecule is CCNc1ncccc1C(=O)NCC1Cc2ccccc21. The second-order valence-corrected chi connectivity index (χ2v) is 5.24. The highest BCUT2D eigenvalue weighted by molar-refractivity contribution is 5.98. The highest BCUT2D eigenvalue weighted by Gasteiger charge is 2.25. The summed E-state index contributed by atoms with van der Waals surface area (Å²) in [4.78, 5) is 16.5. The van der Waals surface area contributed by atoms with E-state index < -0.39 is 0 Å². The van der Waals surface area contributed by atoms with Gasteiger partial charge in [-0.1, -0.05) is 24.3 Å². The zero-order chi connectivity index (χ0) is 14.7. The average Bonchev–Trinajstić information content (AvgIpc) is 2.49. The van der Waals surface area contributed by atoms with Gasteiger partial charge in [-0.2, -0.15) is 0 Å². The zero-order valence-corrected chi connectivity index (χ0v) is 12.1. The van der Waals surface area contributed by atoms with Gasteiger partial charge in [0.15, 0.2) is 0 Å². The fourth-order valence-electron chi connectivity index (χ4n) is 2.75. The van der Waals surface area contributed by atoms with E-state index >= 15 is 0 Å². The van der Waals surface area contributed by atoms with Gasteiger partial charge in [-0.15, -0.1) is 0 Å². The summed E-state index contributed by atoms with van der Waals surface area (Å²) < 4.78 is 0. The maximum atomic E-state index is 12.3. The first-order valence-corrected chi connectivity index (χ1v) is 7.34. The molecule has 0 radical (unpaired) electrons. The number of hydrogen-bond acceptors (Lipinski definition) is 3. The predicted octanol–water partition coefficient (Wildman–Crippen LogP) is 2.58. The molecule has 0 spiro atoms. The minimum absolute atomic E-state index is 0.0663. The molecule has 0 aliphatic heterocycles. The van der Waals surface area contributed by atoms with Crippen LogP contribution in [0.5, 0.6) is 0 Å². The maximum absolute atomic E-state index is 12.3. The number of nitrogens with one attached hydrogen (secondary N) is 2. The molecule has 1 aromatic carbocycles.